The maximum Gasteiger partial charge on any atom is 0.331 e. The van der Waals surface area contributed by atoms with E-state index in [-0.39, 0.29) is 37.4 Å². The van der Waals surface area contributed by atoms with Gasteiger partial charge in [0.2, 0.25) is 0 Å². The van der Waals surface area contributed by atoms with E-state index in [1.165, 1.54) is 26.8 Å². The first kappa shape index (κ1) is 32.0. The Balaban J connectivity index is 1.87. The third-order valence-electron chi connectivity index (χ3n) is 10.2. The Labute approximate surface area is 246 Å². The van der Waals surface area contributed by atoms with E-state index >= 15 is 0 Å². The van der Waals surface area contributed by atoms with Crippen LogP contribution in [-0.4, -0.2) is 73.6 Å². The minimum Gasteiger partial charge on any atom is -0.465 e. The lowest BCUT2D eigenvalue weighted by atomic mass is 9.42. The Kier molecular flexibility index (Phi) is 9.11. The van der Waals surface area contributed by atoms with E-state index in [9.17, 15) is 24.0 Å². The molecule has 0 bridgehead atoms. The molecule has 4 rings (SSSR count). The molecular weight excluding hydrogens is 548 g/mol. The van der Waals surface area contributed by atoms with E-state index in [4.69, 9.17) is 28.4 Å². The molecule has 11 heteroatoms. The van der Waals surface area contributed by atoms with Crippen molar-refractivity contribution in [2.24, 2.45) is 28.6 Å². The Hall–Kier alpha value is -2.95. The third kappa shape index (κ3) is 5.81. The standard InChI is InChI=1S/C31H44O11/c1-8-17(2)28(36)42-24(22-12-26(35)37-14-22)13-29(7)18(3)11-25(41-21(6)34)31(16-38-19(4)32)27(29)23(40-20(5)33)9-10-30(31)15-39-30/h12,17-18,23-25,27H,8-11,13-16H2,1-7H3/t17?,18-,23-,24+,25+,27-,29+,30+,31-/m1/s1. The maximum atomic E-state index is 13.1. The molecule has 11 nitrogen and oxygen atoms in total. The Bertz CT molecular complexity index is 1140. The number of epoxide rings is 1. The number of cyclic esters (lactones) is 1. The van der Waals surface area contributed by atoms with Crippen molar-refractivity contribution in [3.63, 3.8) is 0 Å². The highest BCUT2D eigenvalue weighted by molar-refractivity contribution is 5.85. The molecule has 2 saturated carbocycles. The summed E-state index contributed by atoms with van der Waals surface area (Å²) in [5.74, 6) is -3.36. The van der Waals surface area contributed by atoms with Crippen LogP contribution in [0.25, 0.3) is 0 Å². The van der Waals surface area contributed by atoms with Gasteiger partial charge in [-0.05, 0) is 43.4 Å². The normalized spacial score (nSPS) is 36.5. The third-order valence-corrected chi connectivity index (χ3v) is 10.2. The van der Waals surface area contributed by atoms with Crippen LogP contribution in [0.3, 0.4) is 0 Å². The number of ether oxygens (including phenoxy) is 6. The summed E-state index contributed by atoms with van der Waals surface area (Å²) >= 11 is 0. The van der Waals surface area contributed by atoms with Crippen molar-refractivity contribution in [3.8, 4) is 0 Å². The summed E-state index contributed by atoms with van der Waals surface area (Å²) in [5.41, 5.74) is -2.00. The van der Waals surface area contributed by atoms with Gasteiger partial charge in [-0.25, -0.2) is 4.79 Å². The number of fused-ring (bicyclic) bond motifs is 2. The minimum absolute atomic E-state index is 0.00149. The molecule has 1 unspecified atom stereocenters. The molecule has 2 aliphatic carbocycles. The van der Waals surface area contributed by atoms with Gasteiger partial charge in [0.25, 0.3) is 0 Å². The molecule has 2 heterocycles. The van der Waals surface area contributed by atoms with Crippen molar-refractivity contribution >= 4 is 29.8 Å². The number of carbonyl (C=O) groups is 5. The molecule has 0 radical (unpaired) electrons. The lowest BCUT2D eigenvalue weighted by Crippen LogP contribution is -2.71. The van der Waals surface area contributed by atoms with Gasteiger partial charge in [-0.2, -0.15) is 0 Å². The summed E-state index contributed by atoms with van der Waals surface area (Å²) in [6.07, 6.45) is 1.53. The van der Waals surface area contributed by atoms with Gasteiger partial charge in [0.1, 0.15) is 37.1 Å². The van der Waals surface area contributed by atoms with E-state index in [0.29, 0.717) is 37.9 Å². The number of esters is 5. The zero-order valence-electron chi connectivity index (χ0n) is 25.7. The first-order chi connectivity index (χ1) is 19.7. The maximum absolute atomic E-state index is 13.1. The van der Waals surface area contributed by atoms with Crippen LogP contribution in [0.5, 0.6) is 0 Å². The molecule has 42 heavy (non-hydrogen) atoms. The van der Waals surface area contributed by atoms with Crippen LogP contribution in [0.4, 0.5) is 0 Å². The Morgan fingerprint density at radius 1 is 1.10 bits per heavy atom. The summed E-state index contributed by atoms with van der Waals surface area (Å²) in [6, 6.07) is 0. The monoisotopic (exact) mass is 592 g/mol. The highest BCUT2D eigenvalue weighted by Crippen LogP contribution is 2.69. The Morgan fingerprint density at radius 2 is 1.76 bits per heavy atom. The summed E-state index contributed by atoms with van der Waals surface area (Å²) < 4.78 is 35.2. The molecule has 1 spiro atoms. The van der Waals surface area contributed by atoms with Crippen molar-refractivity contribution < 1.29 is 52.4 Å². The first-order valence-corrected chi connectivity index (χ1v) is 14.9. The van der Waals surface area contributed by atoms with Crippen molar-refractivity contribution in [2.45, 2.75) is 104 Å². The SMILES string of the molecule is CCC(C)C(=O)O[C@@H](C[C@@]1(C)[C@H](C)C[C@H](OC(C)=O)[C@]2(COC(C)=O)[C@@H]1[C@H](OC(C)=O)CC[C@]21CO1)C1=CC(=O)OC1. The number of carbonyl (C=O) groups excluding carboxylic acids is 5. The van der Waals surface area contributed by atoms with Gasteiger partial charge in [0, 0.05) is 38.3 Å². The van der Waals surface area contributed by atoms with E-state index in [0.717, 1.165) is 0 Å². The van der Waals surface area contributed by atoms with Crippen molar-refractivity contribution in [1.82, 2.24) is 0 Å². The molecule has 0 aromatic carbocycles. The van der Waals surface area contributed by atoms with E-state index < -0.39 is 64.5 Å². The second kappa shape index (κ2) is 12.0. The predicted molar refractivity (Wildman–Crippen MR) is 146 cm³/mol. The summed E-state index contributed by atoms with van der Waals surface area (Å²) in [4.78, 5) is 62.3. The fourth-order valence-electron chi connectivity index (χ4n) is 7.71. The van der Waals surface area contributed by atoms with Gasteiger partial charge in [-0.1, -0.05) is 27.7 Å². The highest BCUT2D eigenvalue weighted by Gasteiger charge is 2.77. The van der Waals surface area contributed by atoms with Crippen molar-refractivity contribution in [2.75, 3.05) is 19.8 Å². The molecule has 0 N–H and O–H groups in total. The summed E-state index contributed by atoms with van der Waals surface area (Å²) in [6.45, 7) is 12.0. The quantitative estimate of drug-likeness (QED) is 0.209. The van der Waals surface area contributed by atoms with Crippen LogP contribution in [0, 0.1) is 28.6 Å². The number of rotatable bonds is 10. The molecule has 2 aliphatic heterocycles. The van der Waals surface area contributed by atoms with Crippen LogP contribution < -0.4 is 0 Å². The highest BCUT2D eigenvalue weighted by atomic mass is 16.6. The summed E-state index contributed by atoms with van der Waals surface area (Å²) in [7, 11) is 0. The van der Waals surface area contributed by atoms with Crippen LogP contribution in [0.2, 0.25) is 0 Å². The number of hydrogen-bond donors (Lipinski definition) is 0. The lowest BCUT2D eigenvalue weighted by Gasteiger charge is -2.64. The van der Waals surface area contributed by atoms with Gasteiger partial charge < -0.3 is 28.4 Å². The molecule has 4 aliphatic rings. The van der Waals surface area contributed by atoms with E-state index in [1.807, 2.05) is 13.8 Å². The fraction of sp³-hybridized carbons (Fsp3) is 0.774. The molecule has 0 aromatic heterocycles. The smallest absolute Gasteiger partial charge is 0.331 e. The largest absolute Gasteiger partial charge is 0.465 e. The Morgan fingerprint density at radius 3 is 2.29 bits per heavy atom. The van der Waals surface area contributed by atoms with Crippen LogP contribution >= 0.6 is 0 Å². The summed E-state index contributed by atoms with van der Waals surface area (Å²) in [5, 5.41) is 0. The fourth-order valence-corrected chi connectivity index (χ4v) is 7.71. The van der Waals surface area contributed by atoms with Gasteiger partial charge in [-0.3, -0.25) is 19.2 Å². The first-order valence-electron chi connectivity index (χ1n) is 14.9. The second-order valence-corrected chi connectivity index (χ2v) is 12.8. The van der Waals surface area contributed by atoms with Crippen LogP contribution in [-0.2, 0) is 52.4 Å². The van der Waals surface area contributed by atoms with Gasteiger partial charge >= 0.3 is 29.8 Å². The van der Waals surface area contributed by atoms with Gasteiger partial charge in [0.15, 0.2) is 0 Å². The zero-order valence-corrected chi connectivity index (χ0v) is 25.7. The molecule has 9 atom stereocenters. The molecule has 0 aromatic rings. The molecule has 3 fully saturated rings. The predicted octanol–water partition coefficient (Wildman–Crippen LogP) is 3.46. The topological polar surface area (TPSA) is 144 Å². The van der Waals surface area contributed by atoms with Crippen molar-refractivity contribution in [3.05, 3.63) is 11.6 Å². The molecular formula is C31H44O11. The second-order valence-electron chi connectivity index (χ2n) is 12.8. The van der Waals surface area contributed by atoms with Crippen LogP contribution in [0.15, 0.2) is 11.6 Å². The van der Waals surface area contributed by atoms with Crippen LogP contribution in [0.1, 0.15) is 80.6 Å². The van der Waals surface area contributed by atoms with Gasteiger partial charge in [-0.15, -0.1) is 0 Å². The van der Waals surface area contributed by atoms with Crippen molar-refractivity contribution in [1.29, 1.82) is 0 Å². The molecule has 1 saturated heterocycles. The lowest BCUT2D eigenvalue weighted by molar-refractivity contribution is -0.259. The van der Waals surface area contributed by atoms with E-state index in [2.05, 4.69) is 6.92 Å². The zero-order chi connectivity index (χ0) is 31.0. The van der Waals surface area contributed by atoms with E-state index in [1.54, 1.807) is 6.92 Å². The molecule has 234 valence electrons. The van der Waals surface area contributed by atoms with Gasteiger partial charge in [0.05, 0.1) is 17.9 Å². The average molecular weight is 593 g/mol. The average Bonchev–Trinajstić information content (AvgIpc) is 3.56. The molecule has 0 amide bonds. The number of hydrogen-bond acceptors (Lipinski definition) is 11. The minimum atomic E-state index is -1.05.